The van der Waals surface area contributed by atoms with Crippen molar-refractivity contribution in [1.82, 2.24) is 10.2 Å². The summed E-state index contributed by atoms with van der Waals surface area (Å²) in [5.74, 6) is 0. The van der Waals surface area contributed by atoms with Gasteiger partial charge in [-0.2, -0.15) is 0 Å². The Labute approximate surface area is 121 Å². The molecule has 0 saturated carbocycles. The molecule has 1 atom stereocenters. The first-order valence-electron chi connectivity index (χ1n) is 6.69. The summed E-state index contributed by atoms with van der Waals surface area (Å²) in [5, 5.41) is 15.6. The molecule has 1 rings (SSSR count). The largest absolute Gasteiger partial charge is 0.387 e. The van der Waals surface area contributed by atoms with Gasteiger partial charge < -0.3 is 20.6 Å². The summed E-state index contributed by atoms with van der Waals surface area (Å²) in [6.45, 7) is 6.34. The van der Waals surface area contributed by atoms with Crippen LogP contribution in [0.25, 0.3) is 0 Å². The van der Waals surface area contributed by atoms with Crippen LogP contribution in [0.15, 0.2) is 18.2 Å². The van der Waals surface area contributed by atoms with Crippen LogP contribution in [0.4, 0.5) is 10.5 Å². The first-order chi connectivity index (χ1) is 9.19. The van der Waals surface area contributed by atoms with Crippen molar-refractivity contribution < 1.29 is 9.90 Å². The van der Waals surface area contributed by atoms with Crippen LogP contribution in [0.2, 0.25) is 0 Å². The second kappa shape index (κ2) is 6.72. The molecule has 0 aromatic heterocycles. The second-order valence-electron chi connectivity index (χ2n) is 5.86. The third-order valence-corrected chi connectivity index (χ3v) is 2.92. The molecule has 0 aliphatic rings. The number of benzene rings is 1. The highest BCUT2D eigenvalue weighted by Crippen LogP contribution is 2.15. The highest BCUT2D eigenvalue weighted by atomic mass is 16.3. The van der Waals surface area contributed by atoms with Crippen LogP contribution in [0.1, 0.15) is 18.1 Å². The number of nitrogens with zero attached hydrogens (tertiary/aromatic N) is 1. The third-order valence-electron chi connectivity index (χ3n) is 2.92. The minimum atomic E-state index is -0.955. The van der Waals surface area contributed by atoms with Crippen LogP contribution in [-0.2, 0) is 0 Å². The van der Waals surface area contributed by atoms with Crippen molar-refractivity contribution in [1.29, 1.82) is 0 Å². The SMILES string of the molecule is Cc1ccc(NC(=O)NCC(C)(O)CN(C)C)c(C)c1. The molecule has 3 N–H and O–H groups in total. The summed E-state index contributed by atoms with van der Waals surface area (Å²) in [4.78, 5) is 13.7. The Morgan fingerprint density at radius 2 is 2.00 bits per heavy atom. The molecule has 0 heterocycles. The van der Waals surface area contributed by atoms with E-state index in [0.717, 1.165) is 16.8 Å². The highest BCUT2D eigenvalue weighted by Gasteiger charge is 2.22. The summed E-state index contributed by atoms with van der Waals surface area (Å²) in [6, 6.07) is 5.53. The van der Waals surface area contributed by atoms with Gasteiger partial charge in [-0.25, -0.2) is 4.79 Å². The molecule has 0 bridgehead atoms. The molecule has 1 unspecified atom stereocenters. The van der Waals surface area contributed by atoms with Gasteiger partial charge in [-0.05, 0) is 46.5 Å². The molecule has 1 aromatic carbocycles. The lowest BCUT2D eigenvalue weighted by Crippen LogP contribution is -2.48. The van der Waals surface area contributed by atoms with Crippen molar-refractivity contribution in [3.8, 4) is 0 Å². The Bertz CT molecular complexity index is 470. The minimum Gasteiger partial charge on any atom is -0.387 e. The summed E-state index contributed by atoms with van der Waals surface area (Å²) < 4.78 is 0. The van der Waals surface area contributed by atoms with Gasteiger partial charge in [0, 0.05) is 18.8 Å². The summed E-state index contributed by atoms with van der Waals surface area (Å²) in [6.07, 6.45) is 0. The quantitative estimate of drug-likeness (QED) is 0.769. The number of carbonyl (C=O) groups excluding carboxylic acids is 1. The average Bonchev–Trinajstić information content (AvgIpc) is 2.29. The standard InChI is InChI=1S/C15H25N3O2/c1-11-6-7-13(12(2)8-11)17-14(19)16-9-15(3,20)10-18(4)5/h6-8,20H,9-10H2,1-5H3,(H2,16,17,19). The van der Waals surface area contributed by atoms with Gasteiger partial charge in [0.25, 0.3) is 0 Å². The van der Waals surface area contributed by atoms with Crippen LogP contribution >= 0.6 is 0 Å². The van der Waals surface area contributed by atoms with Crippen molar-refractivity contribution in [2.45, 2.75) is 26.4 Å². The normalized spacial score (nSPS) is 13.9. The summed E-state index contributed by atoms with van der Waals surface area (Å²) >= 11 is 0. The van der Waals surface area contributed by atoms with Crippen molar-refractivity contribution >= 4 is 11.7 Å². The molecular weight excluding hydrogens is 254 g/mol. The molecule has 20 heavy (non-hydrogen) atoms. The second-order valence-corrected chi connectivity index (χ2v) is 5.86. The molecule has 0 aliphatic heterocycles. The van der Waals surface area contributed by atoms with Crippen LogP contribution < -0.4 is 10.6 Å². The Morgan fingerprint density at radius 3 is 2.55 bits per heavy atom. The lowest BCUT2D eigenvalue weighted by molar-refractivity contribution is 0.0364. The lowest BCUT2D eigenvalue weighted by Gasteiger charge is -2.27. The number of carbonyl (C=O) groups is 1. The molecule has 2 amide bonds. The van der Waals surface area contributed by atoms with Crippen molar-refractivity contribution in [2.24, 2.45) is 0 Å². The zero-order valence-corrected chi connectivity index (χ0v) is 12.9. The number of hydrogen-bond donors (Lipinski definition) is 3. The van der Waals surface area contributed by atoms with Crippen molar-refractivity contribution in [2.75, 3.05) is 32.5 Å². The van der Waals surface area contributed by atoms with Gasteiger partial charge in [0.1, 0.15) is 0 Å². The van der Waals surface area contributed by atoms with Gasteiger partial charge in [0.05, 0.1) is 5.60 Å². The molecule has 0 aliphatic carbocycles. The number of rotatable bonds is 5. The van der Waals surface area contributed by atoms with Gasteiger partial charge in [0.15, 0.2) is 0 Å². The number of hydrogen-bond acceptors (Lipinski definition) is 3. The molecule has 0 fully saturated rings. The van der Waals surface area contributed by atoms with Gasteiger partial charge in [0.2, 0.25) is 0 Å². The van der Waals surface area contributed by atoms with Crippen LogP contribution in [0.3, 0.4) is 0 Å². The highest BCUT2D eigenvalue weighted by molar-refractivity contribution is 5.90. The Hall–Kier alpha value is -1.59. The third kappa shape index (κ3) is 5.59. The predicted octanol–water partition coefficient (Wildman–Crippen LogP) is 1.74. The fourth-order valence-electron chi connectivity index (χ4n) is 2.13. The molecule has 0 spiro atoms. The Kier molecular flexibility index (Phi) is 5.53. The maximum Gasteiger partial charge on any atom is 0.319 e. The topological polar surface area (TPSA) is 64.6 Å². The maximum absolute atomic E-state index is 11.8. The minimum absolute atomic E-state index is 0.196. The van der Waals surface area contributed by atoms with Gasteiger partial charge >= 0.3 is 6.03 Å². The van der Waals surface area contributed by atoms with Crippen molar-refractivity contribution in [3.63, 3.8) is 0 Å². The first kappa shape index (κ1) is 16.5. The van der Waals surface area contributed by atoms with Crippen LogP contribution in [0, 0.1) is 13.8 Å². The molecule has 1 aromatic rings. The lowest BCUT2D eigenvalue weighted by atomic mass is 10.1. The molecule has 0 saturated heterocycles. The van der Waals surface area contributed by atoms with E-state index in [1.807, 2.05) is 51.0 Å². The number of nitrogens with one attached hydrogen (secondary N) is 2. The van der Waals surface area contributed by atoms with Gasteiger partial charge in [-0.1, -0.05) is 17.7 Å². The average molecular weight is 279 g/mol. The molecule has 112 valence electrons. The number of amides is 2. The van der Waals surface area contributed by atoms with Gasteiger partial charge in [-0.3, -0.25) is 0 Å². The number of anilines is 1. The van der Waals surface area contributed by atoms with E-state index in [1.54, 1.807) is 6.92 Å². The number of aliphatic hydroxyl groups is 1. The number of urea groups is 1. The fourth-order valence-corrected chi connectivity index (χ4v) is 2.13. The van der Waals surface area contributed by atoms with Crippen LogP contribution in [0.5, 0.6) is 0 Å². The molecule has 0 radical (unpaired) electrons. The summed E-state index contributed by atoms with van der Waals surface area (Å²) in [5.41, 5.74) is 1.99. The smallest absolute Gasteiger partial charge is 0.319 e. The monoisotopic (exact) mass is 279 g/mol. The van der Waals surface area contributed by atoms with E-state index in [-0.39, 0.29) is 12.6 Å². The van der Waals surface area contributed by atoms with Gasteiger partial charge in [-0.15, -0.1) is 0 Å². The van der Waals surface area contributed by atoms with E-state index >= 15 is 0 Å². The predicted molar refractivity (Wildman–Crippen MR) is 82.1 cm³/mol. The molecule has 5 nitrogen and oxygen atoms in total. The maximum atomic E-state index is 11.8. The Morgan fingerprint density at radius 1 is 1.35 bits per heavy atom. The van der Waals surface area contributed by atoms with E-state index in [4.69, 9.17) is 0 Å². The zero-order chi connectivity index (χ0) is 15.3. The zero-order valence-electron chi connectivity index (χ0n) is 12.9. The number of aryl methyl sites for hydroxylation is 2. The molecule has 5 heteroatoms. The van der Waals surface area contributed by atoms with E-state index in [9.17, 15) is 9.90 Å². The van der Waals surface area contributed by atoms with E-state index in [1.165, 1.54) is 0 Å². The summed E-state index contributed by atoms with van der Waals surface area (Å²) in [7, 11) is 3.76. The fraction of sp³-hybridized carbons (Fsp3) is 0.533. The van der Waals surface area contributed by atoms with Crippen molar-refractivity contribution in [3.05, 3.63) is 29.3 Å². The number of likely N-dealkylation sites (N-methyl/N-ethyl adjacent to an activating group) is 1. The van der Waals surface area contributed by atoms with Crippen LogP contribution in [-0.4, -0.2) is 48.8 Å². The van der Waals surface area contributed by atoms with E-state index in [2.05, 4.69) is 10.6 Å². The van der Waals surface area contributed by atoms with E-state index < -0.39 is 5.60 Å². The Balaban J connectivity index is 2.52. The molecular formula is C15H25N3O2. The first-order valence-corrected chi connectivity index (χ1v) is 6.69. The van der Waals surface area contributed by atoms with E-state index in [0.29, 0.717) is 6.54 Å².